The number of anilines is 1. The van der Waals surface area contributed by atoms with Crippen LogP contribution in [0.3, 0.4) is 0 Å². The molecule has 2 heterocycles. The Labute approximate surface area is 131 Å². The van der Waals surface area contributed by atoms with Crippen LogP contribution in [0.5, 0.6) is 0 Å². The molecule has 1 N–H and O–H groups in total. The van der Waals surface area contributed by atoms with Gasteiger partial charge in [0.25, 0.3) is 11.8 Å². The summed E-state index contributed by atoms with van der Waals surface area (Å²) in [7, 11) is 0. The Balaban J connectivity index is 1.87. The lowest BCUT2D eigenvalue weighted by Gasteiger charge is -2.18. The third-order valence-electron chi connectivity index (χ3n) is 3.76. The van der Waals surface area contributed by atoms with Crippen LogP contribution in [0.2, 0.25) is 0 Å². The predicted molar refractivity (Wildman–Crippen MR) is 81.8 cm³/mol. The Morgan fingerprint density at radius 3 is 2.82 bits per heavy atom. The molecule has 0 saturated carbocycles. The van der Waals surface area contributed by atoms with Crippen molar-refractivity contribution in [2.24, 2.45) is 5.92 Å². The minimum absolute atomic E-state index is 0.0245. The van der Waals surface area contributed by atoms with Crippen molar-refractivity contribution < 1.29 is 19.2 Å². The average Bonchev–Trinajstić information content (AvgIpc) is 2.98. The fourth-order valence-electron chi connectivity index (χ4n) is 2.79. The molecule has 1 atom stereocenters. The number of benzene rings is 1. The number of thioether (sulfide) groups is 1. The molecule has 7 heteroatoms. The third-order valence-corrected chi connectivity index (χ3v) is 4.80. The van der Waals surface area contributed by atoms with Crippen molar-refractivity contribution in [2.75, 3.05) is 17.2 Å². The second kappa shape index (κ2) is 5.57. The molecule has 1 aromatic carbocycles. The van der Waals surface area contributed by atoms with Gasteiger partial charge in [0.2, 0.25) is 5.91 Å². The topological polar surface area (TPSA) is 83.6 Å². The van der Waals surface area contributed by atoms with Crippen molar-refractivity contribution in [3.05, 3.63) is 29.3 Å². The lowest BCUT2D eigenvalue weighted by Crippen LogP contribution is -2.27. The summed E-state index contributed by atoms with van der Waals surface area (Å²) >= 11 is 1.20. The zero-order chi connectivity index (χ0) is 15.9. The average molecular weight is 318 g/mol. The van der Waals surface area contributed by atoms with E-state index >= 15 is 0 Å². The minimum Gasteiger partial charge on any atom is -0.311 e. The summed E-state index contributed by atoms with van der Waals surface area (Å²) in [5.41, 5.74) is 1.04. The lowest BCUT2D eigenvalue weighted by molar-refractivity contribution is -0.117. The smallest absolute Gasteiger partial charge is 0.261 e. The van der Waals surface area contributed by atoms with Crippen LogP contribution in [0.15, 0.2) is 18.2 Å². The Bertz CT molecular complexity index is 701. The molecular formula is C15H14N2O4S. The van der Waals surface area contributed by atoms with Crippen LogP contribution < -0.4 is 10.2 Å². The fourth-order valence-corrected chi connectivity index (χ4v) is 3.48. The number of carbonyl (C=O) groups is 4. The second-order valence-corrected chi connectivity index (χ2v) is 6.56. The van der Waals surface area contributed by atoms with Gasteiger partial charge < -0.3 is 4.90 Å². The molecule has 3 amide bonds. The van der Waals surface area contributed by atoms with E-state index in [4.69, 9.17) is 0 Å². The van der Waals surface area contributed by atoms with E-state index in [2.05, 4.69) is 5.32 Å². The molecule has 0 bridgehead atoms. The van der Waals surface area contributed by atoms with Gasteiger partial charge in [0.15, 0.2) is 5.12 Å². The molecule has 0 aromatic heterocycles. The van der Waals surface area contributed by atoms with Crippen LogP contribution in [0.1, 0.15) is 34.1 Å². The molecule has 1 aromatic rings. The highest BCUT2D eigenvalue weighted by molar-refractivity contribution is 8.13. The van der Waals surface area contributed by atoms with Crippen molar-refractivity contribution in [2.45, 2.75) is 13.3 Å². The number of amides is 3. The number of hydrogen-bond donors (Lipinski definition) is 1. The Hall–Kier alpha value is -2.15. The Kier molecular flexibility index (Phi) is 3.74. The SMILES string of the molecule is CC(=O)SCC1CC(=O)N(c2cccc3c2C(=O)NC3=O)C1. The number of hydrogen-bond acceptors (Lipinski definition) is 5. The molecule has 0 aliphatic carbocycles. The first kappa shape index (κ1) is 14.8. The van der Waals surface area contributed by atoms with Crippen molar-refractivity contribution in [3.8, 4) is 0 Å². The van der Waals surface area contributed by atoms with Gasteiger partial charge in [0.05, 0.1) is 16.8 Å². The number of carbonyl (C=O) groups excluding carboxylic acids is 4. The zero-order valence-corrected chi connectivity index (χ0v) is 12.7. The van der Waals surface area contributed by atoms with Gasteiger partial charge in [0, 0.05) is 25.6 Å². The van der Waals surface area contributed by atoms with Crippen LogP contribution in [-0.2, 0) is 9.59 Å². The number of rotatable bonds is 3. The van der Waals surface area contributed by atoms with Gasteiger partial charge in [0.1, 0.15) is 0 Å². The van der Waals surface area contributed by atoms with Gasteiger partial charge in [-0.3, -0.25) is 24.5 Å². The van der Waals surface area contributed by atoms with E-state index in [-0.39, 0.29) is 22.5 Å². The zero-order valence-electron chi connectivity index (χ0n) is 11.9. The van der Waals surface area contributed by atoms with Crippen LogP contribution in [0, 0.1) is 5.92 Å². The van der Waals surface area contributed by atoms with E-state index in [1.807, 2.05) is 0 Å². The molecule has 2 aliphatic heterocycles. The third kappa shape index (κ3) is 2.52. The normalized spacial score (nSPS) is 20.3. The van der Waals surface area contributed by atoms with Crippen LogP contribution in [-0.4, -0.2) is 35.1 Å². The highest BCUT2D eigenvalue weighted by Crippen LogP contribution is 2.33. The van der Waals surface area contributed by atoms with Gasteiger partial charge >= 0.3 is 0 Å². The minimum atomic E-state index is -0.468. The first-order valence-electron chi connectivity index (χ1n) is 6.90. The lowest BCUT2D eigenvalue weighted by atomic mass is 10.1. The van der Waals surface area contributed by atoms with Gasteiger partial charge in [-0.1, -0.05) is 17.8 Å². The van der Waals surface area contributed by atoms with Gasteiger partial charge in [-0.15, -0.1) is 0 Å². The van der Waals surface area contributed by atoms with Gasteiger partial charge in [-0.05, 0) is 18.1 Å². The molecule has 114 valence electrons. The highest BCUT2D eigenvalue weighted by atomic mass is 32.2. The molecule has 22 heavy (non-hydrogen) atoms. The van der Waals surface area contributed by atoms with Crippen molar-refractivity contribution in [1.29, 1.82) is 0 Å². The second-order valence-electron chi connectivity index (χ2n) is 5.36. The maximum atomic E-state index is 12.2. The number of nitrogens with one attached hydrogen (secondary N) is 1. The van der Waals surface area contributed by atoms with Crippen LogP contribution in [0.4, 0.5) is 5.69 Å². The molecule has 0 radical (unpaired) electrons. The first-order chi connectivity index (χ1) is 10.5. The maximum Gasteiger partial charge on any atom is 0.261 e. The number of imide groups is 1. The van der Waals surface area contributed by atoms with Crippen molar-refractivity contribution in [1.82, 2.24) is 5.32 Å². The van der Waals surface area contributed by atoms with Crippen molar-refractivity contribution >= 4 is 40.3 Å². The summed E-state index contributed by atoms with van der Waals surface area (Å²) < 4.78 is 0. The summed E-state index contributed by atoms with van der Waals surface area (Å²) in [5, 5.41) is 2.27. The van der Waals surface area contributed by atoms with Crippen LogP contribution in [0.25, 0.3) is 0 Å². The molecule has 1 saturated heterocycles. The van der Waals surface area contributed by atoms with Crippen LogP contribution >= 0.6 is 11.8 Å². The Morgan fingerprint density at radius 1 is 1.32 bits per heavy atom. The predicted octanol–water partition coefficient (Wildman–Crippen LogP) is 1.20. The molecular weight excluding hydrogens is 304 g/mol. The summed E-state index contributed by atoms with van der Waals surface area (Å²) in [6.45, 7) is 1.95. The Morgan fingerprint density at radius 2 is 2.09 bits per heavy atom. The molecule has 2 aliphatic rings. The number of nitrogens with zero attached hydrogens (tertiary/aromatic N) is 1. The molecule has 1 fully saturated rings. The first-order valence-corrected chi connectivity index (χ1v) is 7.88. The van der Waals surface area contributed by atoms with E-state index in [0.29, 0.717) is 30.0 Å². The summed E-state index contributed by atoms with van der Waals surface area (Å²) in [6.07, 6.45) is 0.347. The molecule has 0 spiro atoms. The largest absolute Gasteiger partial charge is 0.311 e. The van der Waals surface area contributed by atoms with Crippen molar-refractivity contribution in [3.63, 3.8) is 0 Å². The molecule has 6 nitrogen and oxygen atoms in total. The summed E-state index contributed by atoms with van der Waals surface area (Å²) in [5.74, 6) is -0.341. The van der Waals surface area contributed by atoms with E-state index in [1.54, 1.807) is 23.1 Å². The highest BCUT2D eigenvalue weighted by Gasteiger charge is 2.36. The van der Waals surface area contributed by atoms with E-state index in [9.17, 15) is 19.2 Å². The van der Waals surface area contributed by atoms with E-state index in [1.165, 1.54) is 18.7 Å². The molecule has 3 rings (SSSR count). The quantitative estimate of drug-likeness (QED) is 0.847. The van der Waals surface area contributed by atoms with E-state index in [0.717, 1.165) is 0 Å². The summed E-state index contributed by atoms with van der Waals surface area (Å²) in [4.78, 5) is 48.4. The monoisotopic (exact) mass is 318 g/mol. The maximum absolute atomic E-state index is 12.2. The summed E-state index contributed by atoms with van der Waals surface area (Å²) in [6, 6.07) is 4.91. The molecule has 1 unspecified atom stereocenters. The fraction of sp³-hybridized carbons (Fsp3) is 0.333. The van der Waals surface area contributed by atoms with Gasteiger partial charge in [-0.25, -0.2) is 0 Å². The van der Waals surface area contributed by atoms with E-state index < -0.39 is 11.8 Å². The standard InChI is InChI=1S/C15H14N2O4S/c1-8(18)22-7-9-5-12(19)17(6-9)11-4-2-3-10-13(11)15(21)16-14(10)20/h2-4,9H,5-7H2,1H3,(H,16,20,21). The van der Waals surface area contributed by atoms with Gasteiger partial charge in [-0.2, -0.15) is 0 Å². The number of fused-ring (bicyclic) bond motifs is 1.